The van der Waals surface area contributed by atoms with Crippen molar-refractivity contribution in [3.63, 3.8) is 0 Å². The predicted octanol–water partition coefficient (Wildman–Crippen LogP) is 5.86. The number of rotatable bonds is 3. The number of carbonyl (C=O) groups excluding carboxylic acids is 2. The van der Waals surface area contributed by atoms with E-state index in [0.717, 1.165) is 22.1 Å². The third-order valence-electron chi connectivity index (χ3n) is 5.77. The Kier molecular flexibility index (Phi) is 4.62. The lowest BCUT2D eigenvalue weighted by Gasteiger charge is -2.15. The number of fused-ring (bicyclic) bond motifs is 3. The molecule has 1 aliphatic carbocycles. The zero-order valence-corrected chi connectivity index (χ0v) is 17.2. The van der Waals surface area contributed by atoms with Crippen LogP contribution in [-0.4, -0.2) is 18.9 Å². The molecule has 0 saturated heterocycles. The number of hydrogen-bond donors (Lipinski definition) is 0. The van der Waals surface area contributed by atoms with Crippen molar-refractivity contribution in [2.24, 2.45) is 5.41 Å². The Morgan fingerprint density at radius 2 is 1.62 bits per heavy atom. The van der Waals surface area contributed by atoms with E-state index in [9.17, 15) is 9.59 Å². The second kappa shape index (κ2) is 7.00. The molecular weight excluding hydrogens is 360 g/mol. The first-order valence-electron chi connectivity index (χ1n) is 9.79. The molecular formula is C26H24O3. The van der Waals surface area contributed by atoms with Gasteiger partial charge in [0.15, 0.2) is 5.78 Å². The highest BCUT2D eigenvalue weighted by atomic mass is 16.5. The van der Waals surface area contributed by atoms with Crippen molar-refractivity contribution in [3.8, 4) is 0 Å². The van der Waals surface area contributed by atoms with E-state index in [4.69, 9.17) is 4.74 Å². The van der Waals surface area contributed by atoms with Crippen molar-refractivity contribution in [3.05, 3.63) is 77.4 Å². The molecule has 0 atom stereocenters. The smallest absolute Gasteiger partial charge is 0.341 e. The molecule has 4 rings (SSSR count). The van der Waals surface area contributed by atoms with Crippen molar-refractivity contribution >= 4 is 38.9 Å². The Labute approximate surface area is 170 Å². The van der Waals surface area contributed by atoms with Crippen LogP contribution in [0.25, 0.3) is 27.1 Å². The second-order valence-corrected chi connectivity index (χ2v) is 8.30. The van der Waals surface area contributed by atoms with Gasteiger partial charge in [0.2, 0.25) is 0 Å². The van der Waals surface area contributed by atoms with E-state index in [1.54, 1.807) is 0 Å². The number of benzene rings is 3. The van der Waals surface area contributed by atoms with Crippen molar-refractivity contribution < 1.29 is 14.3 Å². The van der Waals surface area contributed by atoms with E-state index in [1.165, 1.54) is 23.3 Å². The van der Waals surface area contributed by atoms with Crippen molar-refractivity contribution in [2.75, 3.05) is 7.11 Å². The number of Topliss-reactive ketones (excluding diaryl/α,β-unsaturated/α-hetero) is 1. The van der Waals surface area contributed by atoms with Crippen LogP contribution < -0.4 is 0 Å². The molecule has 0 aliphatic heterocycles. The lowest BCUT2D eigenvalue weighted by molar-refractivity contribution is -0.138. The van der Waals surface area contributed by atoms with Gasteiger partial charge in [-0.2, -0.15) is 0 Å². The summed E-state index contributed by atoms with van der Waals surface area (Å²) in [7, 11) is 1.32. The topological polar surface area (TPSA) is 43.4 Å². The molecule has 0 unspecified atom stereocenters. The number of ether oxygens (including phenoxy) is 1. The number of esters is 1. The van der Waals surface area contributed by atoms with Crippen LogP contribution >= 0.6 is 0 Å². The van der Waals surface area contributed by atoms with Crippen LogP contribution in [0, 0.1) is 5.41 Å². The van der Waals surface area contributed by atoms with Gasteiger partial charge in [0.05, 0.1) is 7.11 Å². The minimum absolute atomic E-state index is 0.147. The largest absolute Gasteiger partial charge is 0.465 e. The Hall–Kier alpha value is -3.20. The highest BCUT2D eigenvalue weighted by Crippen LogP contribution is 2.41. The Balaban J connectivity index is 1.94. The van der Waals surface area contributed by atoms with Gasteiger partial charge in [0, 0.05) is 5.41 Å². The molecule has 0 fully saturated rings. The van der Waals surface area contributed by atoms with E-state index >= 15 is 0 Å². The van der Waals surface area contributed by atoms with Gasteiger partial charge in [-0.25, -0.2) is 4.79 Å². The quantitative estimate of drug-likeness (QED) is 0.322. The maximum absolute atomic E-state index is 12.8. The molecule has 3 aromatic rings. The van der Waals surface area contributed by atoms with E-state index in [1.807, 2.05) is 45.0 Å². The molecule has 0 aromatic heterocycles. The third-order valence-corrected chi connectivity index (χ3v) is 5.77. The van der Waals surface area contributed by atoms with Crippen LogP contribution in [0.1, 0.15) is 32.8 Å². The van der Waals surface area contributed by atoms with Crippen LogP contribution in [0.15, 0.2) is 71.8 Å². The van der Waals surface area contributed by atoms with E-state index in [0.29, 0.717) is 6.42 Å². The maximum Gasteiger partial charge on any atom is 0.341 e. The summed E-state index contributed by atoms with van der Waals surface area (Å²) in [6.45, 7) is 5.79. The van der Waals surface area contributed by atoms with Crippen molar-refractivity contribution in [2.45, 2.75) is 27.2 Å². The number of hydrogen-bond acceptors (Lipinski definition) is 3. The minimum Gasteiger partial charge on any atom is -0.465 e. The zero-order chi connectivity index (χ0) is 20.8. The van der Waals surface area contributed by atoms with Crippen molar-refractivity contribution in [1.82, 2.24) is 0 Å². The first-order valence-corrected chi connectivity index (χ1v) is 9.79. The number of methoxy groups -OCH3 is 1. The van der Waals surface area contributed by atoms with Crippen molar-refractivity contribution in [1.29, 1.82) is 0 Å². The first-order chi connectivity index (χ1) is 13.8. The van der Waals surface area contributed by atoms with Gasteiger partial charge >= 0.3 is 5.97 Å². The van der Waals surface area contributed by atoms with E-state index in [2.05, 4.69) is 36.4 Å². The molecule has 3 aromatic carbocycles. The van der Waals surface area contributed by atoms with Crippen LogP contribution in [0.4, 0.5) is 0 Å². The first kappa shape index (κ1) is 19.1. The maximum atomic E-state index is 12.8. The fraction of sp³-hybridized carbons (Fsp3) is 0.231. The van der Waals surface area contributed by atoms with Crippen LogP contribution in [0.5, 0.6) is 0 Å². The summed E-state index contributed by atoms with van der Waals surface area (Å²) >= 11 is 0. The monoisotopic (exact) mass is 384 g/mol. The molecule has 29 heavy (non-hydrogen) atoms. The molecule has 0 N–H and O–H groups in total. The highest BCUT2D eigenvalue weighted by Gasteiger charge is 2.42. The second-order valence-electron chi connectivity index (χ2n) is 8.30. The van der Waals surface area contributed by atoms with Gasteiger partial charge < -0.3 is 4.74 Å². The lowest BCUT2D eigenvalue weighted by Crippen LogP contribution is -2.23. The SMILES string of the molecule is COC(=O)C1=C(/C=C(\C)c2cc3ccccc3c3ccccc23)CC(C)(C)C1=O. The fourth-order valence-corrected chi connectivity index (χ4v) is 4.30. The summed E-state index contributed by atoms with van der Waals surface area (Å²) in [4.78, 5) is 25.1. The Morgan fingerprint density at radius 1 is 1.00 bits per heavy atom. The number of allylic oxidation sites excluding steroid dienone is 3. The molecule has 0 amide bonds. The number of carbonyl (C=O) groups is 2. The average molecular weight is 384 g/mol. The van der Waals surface area contributed by atoms with Gasteiger partial charge in [-0.3, -0.25) is 4.79 Å². The van der Waals surface area contributed by atoms with Gasteiger partial charge in [-0.15, -0.1) is 0 Å². The van der Waals surface area contributed by atoms with Crippen LogP contribution in [0.2, 0.25) is 0 Å². The molecule has 0 bridgehead atoms. The summed E-state index contributed by atoms with van der Waals surface area (Å²) in [5.41, 5.74) is 2.46. The van der Waals surface area contributed by atoms with Gasteiger partial charge in [0.1, 0.15) is 5.57 Å². The molecule has 0 spiro atoms. The minimum atomic E-state index is -0.596. The lowest BCUT2D eigenvalue weighted by atomic mass is 9.87. The van der Waals surface area contributed by atoms with Gasteiger partial charge in [-0.1, -0.05) is 68.5 Å². The summed E-state index contributed by atoms with van der Waals surface area (Å²) in [5.74, 6) is -0.699. The highest BCUT2D eigenvalue weighted by molar-refractivity contribution is 6.22. The summed E-state index contributed by atoms with van der Waals surface area (Å²) in [6, 6.07) is 18.9. The third kappa shape index (κ3) is 3.17. The van der Waals surface area contributed by atoms with E-state index in [-0.39, 0.29) is 11.4 Å². The number of ketones is 1. The van der Waals surface area contributed by atoms with Crippen LogP contribution in [-0.2, 0) is 14.3 Å². The summed E-state index contributed by atoms with van der Waals surface area (Å²) in [6.07, 6.45) is 2.51. The van der Waals surface area contributed by atoms with Gasteiger partial charge in [0.25, 0.3) is 0 Å². The van der Waals surface area contributed by atoms with E-state index < -0.39 is 11.4 Å². The summed E-state index contributed by atoms with van der Waals surface area (Å²) in [5, 5.41) is 4.73. The standard InChI is InChI=1S/C26H24O3/c1-16(13-18-15-26(2,3)24(27)23(18)25(28)29-4)22-14-17-9-5-6-10-19(17)20-11-7-8-12-21(20)22/h5-14H,15H2,1-4H3/b16-13+. The fourth-order valence-electron chi connectivity index (χ4n) is 4.30. The average Bonchev–Trinajstić information content (AvgIpc) is 2.94. The zero-order valence-electron chi connectivity index (χ0n) is 17.2. The van der Waals surface area contributed by atoms with Crippen LogP contribution in [0.3, 0.4) is 0 Å². The Bertz CT molecular complexity index is 1230. The molecule has 0 heterocycles. The molecule has 3 nitrogen and oxygen atoms in total. The predicted molar refractivity (Wildman–Crippen MR) is 118 cm³/mol. The molecule has 1 aliphatic rings. The molecule has 146 valence electrons. The molecule has 0 saturated carbocycles. The Morgan fingerprint density at radius 3 is 2.31 bits per heavy atom. The molecule has 3 heteroatoms. The van der Waals surface area contributed by atoms with Gasteiger partial charge in [-0.05, 0) is 57.7 Å². The summed E-state index contributed by atoms with van der Waals surface area (Å²) < 4.78 is 4.90. The molecule has 0 radical (unpaired) electrons. The normalized spacial score (nSPS) is 16.7.